The van der Waals surface area contributed by atoms with E-state index in [-0.39, 0.29) is 0 Å². The van der Waals surface area contributed by atoms with Gasteiger partial charge in [-0.2, -0.15) is 0 Å². The molecule has 2 rings (SSSR count). The fraction of sp³-hybridized carbons (Fsp3) is 0.429. The second kappa shape index (κ2) is 8.77. The Morgan fingerprint density at radius 1 is 1.30 bits per heavy atom. The highest BCUT2D eigenvalue weighted by Gasteiger charge is 2.05. The molecular formula is C14H18ClNO2S2. The zero-order valence-corrected chi connectivity index (χ0v) is 13.4. The Kier molecular flexibility index (Phi) is 6.99. The molecule has 20 heavy (non-hydrogen) atoms. The van der Waals surface area contributed by atoms with Gasteiger partial charge in [0.25, 0.3) is 0 Å². The van der Waals surface area contributed by atoms with Crippen LogP contribution in [0.15, 0.2) is 29.6 Å². The number of rotatable bonds is 9. The van der Waals surface area contributed by atoms with Crippen molar-refractivity contribution in [1.82, 2.24) is 5.32 Å². The molecule has 0 aliphatic heterocycles. The molecule has 0 saturated carbocycles. The van der Waals surface area contributed by atoms with Crippen LogP contribution in [0, 0.1) is 0 Å². The molecule has 1 atom stereocenters. The predicted octanol–water partition coefficient (Wildman–Crippen LogP) is 3.17. The number of hydrogen-bond donors (Lipinski definition) is 2. The van der Waals surface area contributed by atoms with Gasteiger partial charge in [-0.25, -0.2) is 0 Å². The molecular weight excluding hydrogens is 314 g/mol. The fourth-order valence-corrected chi connectivity index (χ4v) is 3.44. The van der Waals surface area contributed by atoms with Gasteiger partial charge in [-0.3, -0.25) is 0 Å². The number of halogens is 1. The third-order valence-electron chi connectivity index (χ3n) is 2.69. The van der Waals surface area contributed by atoms with Crippen LogP contribution in [0.3, 0.4) is 0 Å². The maximum Gasteiger partial charge on any atom is 0.0931 e. The summed E-state index contributed by atoms with van der Waals surface area (Å²) in [5.41, 5.74) is 0. The van der Waals surface area contributed by atoms with Gasteiger partial charge in [0.2, 0.25) is 0 Å². The molecule has 0 bridgehead atoms. The van der Waals surface area contributed by atoms with E-state index in [1.54, 1.807) is 22.7 Å². The third-order valence-corrected chi connectivity index (χ3v) is 4.83. The van der Waals surface area contributed by atoms with E-state index >= 15 is 0 Å². The van der Waals surface area contributed by atoms with Gasteiger partial charge in [-0.05, 0) is 30.0 Å². The van der Waals surface area contributed by atoms with E-state index in [0.29, 0.717) is 19.8 Å². The molecule has 2 aromatic heterocycles. The molecule has 0 spiro atoms. The van der Waals surface area contributed by atoms with Gasteiger partial charge in [-0.15, -0.1) is 22.7 Å². The first-order valence-corrected chi connectivity index (χ1v) is 8.54. The second-order valence-corrected chi connectivity index (χ2v) is 7.24. The fourth-order valence-electron chi connectivity index (χ4n) is 1.72. The van der Waals surface area contributed by atoms with Gasteiger partial charge in [0.15, 0.2) is 0 Å². The molecule has 0 aliphatic carbocycles. The molecule has 3 nitrogen and oxygen atoms in total. The summed E-state index contributed by atoms with van der Waals surface area (Å²) in [6.45, 7) is 2.31. The van der Waals surface area contributed by atoms with Crippen LogP contribution in [0.2, 0.25) is 4.34 Å². The van der Waals surface area contributed by atoms with Crippen LogP contribution in [0.5, 0.6) is 0 Å². The summed E-state index contributed by atoms with van der Waals surface area (Å²) in [5.74, 6) is 0. The smallest absolute Gasteiger partial charge is 0.0931 e. The lowest BCUT2D eigenvalue weighted by Gasteiger charge is -2.11. The maximum absolute atomic E-state index is 9.78. The average molecular weight is 332 g/mol. The minimum Gasteiger partial charge on any atom is -0.389 e. The van der Waals surface area contributed by atoms with Crippen molar-refractivity contribution in [1.29, 1.82) is 0 Å². The number of aliphatic hydroxyl groups excluding tert-OH is 1. The molecule has 0 aromatic carbocycles. The number of ether oxygens (including phenoxy) is 1. The van der Waals surface area contributed by atoms with Crippen LogP contribution in [-0.2, 0) is 17.8 Å². The van der Waals surface area contributed by atoms with Crippen LogP contribution >= 0.6 is 34.3 Å². The van der Waals surface area contributed by atoms with E-state index in [2.05, 4.69) is 5.32 Å². The van der Waals surface area contributed by atoms with E-state index in [0.717, 1.165) is 17.3 Å². The molecule has 1 unspecified atom stereocenters. The first-order valence-electron chi connectivity index (χ1n) is 6.47. The molecule has 110 valence electrons. The Bertz CT molecular complexity index is 487. The molecule has 0 saturated heterocycles. The maximum atomic E-state index is 9.78. The standard InChI is InChI=1S/C14H18ClNO2S2/c15-14-4-3-12(20-14)5-6-16-8-11(17)9-18-10-13-2-1-7-19-13/h1-4,7,11,16-17H,5-6,8-10H2. The van der Waals surface area contributed by atoms with Crippen LogP contribution in [-0.4, -0.2) is 30.9 Å². The Labute approximate surface area is 132 Å². The van der Waals surface area contributed by atoms with Gasteiger partial charge in [0, 0.05) is 22.8 Å². The SMILES string of the molecule is OC(CNCCc1ccc(Cl)s1)COCc1cccs1. The summed E-state index contributed by atoms with van der Waals surface area (Å²) >= 11 is 9.13. The minimum atomic E-state index is -0.470. The minimum absolute atomic E-state index is 0.357. The Morgan fingerprint density at radius 2 is 2.20 bits per heavy atom. The second-order valence-electron chi connectivity index (χ2n) is 4.41. The van der Waals surface area contributed by atoms with E-state index in [4.69, 9.17) is 16.3 Å². The molecule has 2 heterocycles. The molecule has 0 amide bonds. The molecule has 6 heteroatoms. The first-order chi connectivity index (χ1) is 9.74. The highest BCUT2D eigenvalue weighted by atomic mass is 35.5. The quantitative estimate of drug-likeness (QED) is 0.693. The molecule has 0 fully saturated rings. The van der Waals surface area contributed by atoms with E-state index in [1.165, 1.54) is 9.75 Å². The van der Waals surface area contributed by atoms with Crippen molar-refractivity contribution in [3.63, 3.8) is 0 Å². The topological polar surface area (TPSA) is 41.5 Å². The molecule has 0 radical (unpaired) electrons. The monoisotopic (exact) mass is 331 g/mol. The van der Waals surface area contributed by atoms with Crippen molar-refractivity contribution in [2.45, 2.75) is 19.1 Å². The Hall–Kier alpha value is -0.430. The lowest BCUT2D eigenvalue weighted by molar-refractivity contribution is 0.0300. The van der Waals surface area contributed by atoms with Gasteiger partial charge < -0.3 is 15.2 Å². The van der Waals surface area contributed by atoms with Crippen LogP contribution in [0.4, 0.5) is 0 Å². The molecule has 0 aliphatic rings. The van der Waals surface area contributed by atoms with E-state index < -0.39 is 6.10 Å². The molecule has 2 aromatic rings. The van der Waals surface area contributed by atoms with E-state index in [9.17, 15) is 5.11 Å². The number of hydrogen-bond acceptors (Lipinski definition) is 5. The third kappa shape index (κ3) is 5.91. The number of thiophene rings is 2. The first kappa shape index (κ1) is 15.9. The van der Waals surface area contributed by atoms with Crippen molar-refractivity contribution in [2.75, 3.05) is 19.7 Å². The van der Waals surface area contributed by atoms with Crippen LogP contribution in [0.25, 0.3) is 0 Å². The van der Waals surface area contributed by atoms with Crippen molar-refractivity contribution in [3.8, 4) is 0 Å². The van der Waals surface area contributed by atoms with Crippen LogP contribution < -0.4 is 5.32 Å². The zero-order valence-electron chi connectivity index (χ0n) is 11.0. The van der Waals surface area contributed by atoms with Crippen molar-refractivity contribution < 1.29 is 9.84 Å². The summed E-state index contributed by atoms with van der Waals surface area (Å²) in [5, 5.41) is 15.0. The van der Waals surface area contributed by atoms with Crippen LogP contribution in [0.1, 0.15) is 9.75 Å². The highest BCUT2D eigenvalue weighted by Crippen LogP contribution is 2.21. The van der Waals surface area contributed by atoms with Crippen molar-refractivity contribution in [2.24, 2.45) is 0 Å². The summed E-state index contributed by atoms with van der Waals surface area (Å²) in [4.78, 5) is 2.44. The summed E-state index contributed by atoms with van der Waals surface area (Å²) in [6.07, 6.45) is 0.460. The Morgan fingerprint density at radius 3 is 2.90 bits per heavy atom. The number of nitrogens with one attached hydrogen (secondary N) is 1. The van der Waals surface area contributed by atoms with Gasteiger partial charge in [0.1, 0.15) is 0 Å². The average Bonchev–Trinajstić information content (AvgIpc) is 3.06. The summed E-state index contributed by atoms with van der Waals surface area (Å²) in [6, 6.07) is 7.98. The van der Waals surface area contributed by atoms with Crippen molar-refractivity contribution in [3.05, 3.63) is 43.7 Å². The summed E-state index contributed by atoms with van der Waals surface area (Å²) in [7, 11) is 0. The highest BCUT2D eigenvalue weighted by molar-refractivity contribution is 7.16. The van der Waals surface area contributed by atoms with E-state index in [1.807, 2.05) is 29.6 Å². The largest absolute Gasteiger partial charge is 0.389 e. The van der Waals surface area contributed by atoms with Gasteiger partial charge in [0.05, 0.1) is 23.7 Å². The zero-order chi connectivity index (χ0) is 14.2. The normalized spacial score (nSPS) is 12.7. The Balaban J connectivity index is 1.50. The van der Waals surface area contributed by atoms with Crippen molar-refractivity contribution >= 4 is 34.3 Å². The van der Waals surface area contributed by atoms with Gasteiger partial charge in [-0.1, -0.05) is 17.7 Å². The lowest BCUT2D eigenvalue weighted by Crippen LogP contribution is -2.31. The lowest BCUT2D eigenvalue weighted by atomic mass is 10.3. The predicted molar refractivity (Wildman–Crippen MR) is 85.9 cm³/mol. The molecule has 2 N–H and O–H groups in total. The number of aliphatic hydroxyl groups is 1. The van der Waals surface area contributed by atoms with Gasteiger partial charge >= 0.3 is 0 Å². The summed E-state index contributed by atoms with van der Waals surface area (Å²) < 4.78 is 6.28.